The predicted molar refractivity (Wildman–Crippen MR) is 102 cm³/mol. The molecule has 3 rings (SSSR count). The van der Waals surface area contributed by atoms with Crippen LogP contribution in [0.4, 0.5) is 0 Å². The fraction of sp³-hybridized carbons (Fsp3) is 0.455. The van der Waals surface area contributed by atoms with E-state index in [1.54, 1.807) is 7.11 Å². The number of nitrogens with zero attached hydrogens (tertiary/aromatic N) is 1. The molecule has 134 valence electrons. The van der Waals surface area contributed by atoms with Gasteiger partial charge in [-0.2, -0.15) is 0 Å². The number of benzene rings is 2. The molecular weight excluding hydrogens is 310 g/mol. The normalized spacial score (nSPS) is 21.1. The van der Waals surface area contributed by atoms with Crippen molar-refractivity contribution in [2.45, 2.75) is 33.4 Å². The van der Waals surface area contributed by atoms with Crippen molar-refractivity contribution in [3.05, 3.63) is 59.7 Å². The van der Waals surface area contributed by atoms with Crippen LogP contribution in [0.3, 0.4) is 0 Å². The second kappa shape index (κ2) is 8.39. The second-order valence-corrected chi connectivity index (χ2v) is 7.40. The first-order valence-corrected chi connectivity index (χ1v) is 9.20. The maximum atomic E-state index is 5.95. The molecule has 0 aliphatic carbocycles. The van der Waals surface area contributed by atoms with Gasteiger partial charge >= 0.3 is 0 Å². The summed E-state index contributed by atoms with van der Waals surface area (Å²) in [6, 6.07) is 16.5. The average Bonchev–Trinajstić information content (AvgIpc) is 2.60. The molecule has 1 aliphatic heterocycles. The lowest BCUT2D eigenvalue weighted by Gasteiger charge is -2.35. The third-order valence-electron chi connectivity index (χ3n) is 4.82. The molecule has 0 aromatic heterocycles. The first kappa shape index (κ1) is 17.8. The van der Waals surface area contributed by atoms with Gasteiger partial charge in [0.25, 0.3) is 0 Å². The number of ether oxygens (including phenoxy) is 2. The van der Waals surface area contributed by atoms with Gasteiger partial charge in [0, 0.05) is 19.6 Å². The number of likely N-dealkylation sites (tertiary alicyclic amines) is 1. The number of rotatable bonds is 6. The molecule has 0 spiro atoms. The van der Waals surface area contributed by atoms with Gasteiger partial charge in [-0.1, -0.05) is 50.2 Å². The first-order valence-electron chi connectivity index (χ1n) is 9.20. The quantitative estimate of drug-likeness (QED) is 0.758. The Kier molecular flexibility index (Phi) is 5.98. The highest BCUT2D eigenvalue weighted by molar-refractivity contribution is 5.43. The van der Waals surface area contributed by atoms with Crippen molar-refractivity contribution >= 4 is 0 Å². The lowest BCUT2D eigenvalue weighted by Crippen LogP contribution is -2.38. The Bertz CT molecular complexity index is 661. The van der Waals surface area contributed by atoms with Gasteiger partial charge in [-0.3, -0.25) is 4.90 Å². The van der Waals surface area contributed by atoms with Crippen LogP contribution < -0.4 is 9.47 Å². The van der Waals surface area contributed by atoms with Crippen molar-refractivity contribution in [3.63, 3.8) is 0 Å². The highest BCUT2D eigenvalue weighted by Gasteiger charge is 2.22. The maximum Gasteiger partial charge on any atom is 0.161 e. The molecule has 1 aliphatic rings. The Morgan fingerprint density at radius 1 is 0.920 bits per heavy atom. The summed E-state index contributed by atoms with van der Waals surface area (Å²) in [6.45, 7) is 8.59. The van der Waals surface area contributed by atoms with E-state index in [9.17, 15) is 0 Å². The van der Waals surface area contributed by atoms with E-state index in [1.807, 2.05) is 24.3 Å². The van der Waals surface area contributed by atoms with Crippen LogP contribution in [0.25, 0.3) is 0 Å². The van der Waals surface area contributed by atoms with Crippen molar-refractivity contribution in [3.8, 4) is 11.5 Å². The average molecular weight is 339 g/mol. The highest BCUT2D eigenvalue weighted by atomic mass is 16.5. The number of piperidine rings is 1. The summed E-state index contributed by atoms with van der Waals surface area (Å²) >= 11 is 0. The standard InChI is InChI=1S/C22H29NO2/c1-17-11-18(2)14-23(13-17)15-20-9-10-21(22(12-20)24-3)25-16-19-7-5-4-6-8-19/h4-10,12,17-18H,11,13-16H2,1-3H3. The number of hydrogen-bond donors (Lipinski definition) is 0. The fourth-order valence-corrected chi connectivity index (χ4v) is 3.84. The van der Waals surface area contributed by atoms with Gasteiger partial charge in [-0.15, -0.1) is 0 Å². The van der Waals surface area contributed by atoms with Gasteiger partial charge in [0.1, 0.15) is 6.61 Å². The molecule has 2 unspecified atom stereocenters. The minimum absolute atomic E-state index is 0.553. The minimum Gasteiger partial charge on any atom is -0.493 e. The molecule has 2 aromatic carbocycles. The van der Waals surface area contributed by atoms with Crippen molar-refractivity contribution < 1.29 is 9.47 Å². The summed E-state index contributed by atoms with van der Waals surface area (Å²) in [5.41, 5.74) is 2.44. The van der Waals surface area contributed by atoms with Gasteiger partial charge in [0.15, 0.2) is 11.5 Å². The van der Waals surface area contributed by atoms with Crippen LogP contribution in [-0.4, -0.2) is 25.1 Å². The molecule has 0 bridgehead atoms. The number of hydrogen-bond acceptors (Lipinski definition) is 3. The van der Waals surface area contributed by atoms with Crippen LogP contribution in [0.5, 0.6) is 11.5 Å². The zero-order valence-electron chi connectivity index (χ0n) is 15.6. The van der Waals surface area contributed by atoms with Gasteiger partial charge < -0.3 is 9.47 Å². The summed E-state index contributed by atoms with van der Waals surface area (Å²) < 4.78 is 11.5. The molecule has 1 saturated heterocycles. The van der Waals surface area contributed by atoms with Crippen LogP contribution in [0.15, 0.2) is 48.5 Å². The summed E-state index contributed by atoms with van der Waals surface area (Å²) in [5.74, 6) is 3.17. The van der Waals surface area contributed by atoms with E-state index in [-0.39, 0.29) is 0 Å². The molecule has 25 heavy (non-hydrogen) atoms. The minimum atomic E-state index is 0.553. The molecule has 3 heteroatoms. The van der Waals surface area contributed by atoms with Crippen molar-refractivity contribution in [2.24, 2.45) is 11.8 Å². The smallest absolute Gasteiger partial charge is 0.161 e. The summed E-state index contributed by atoms with van der Waals surface area (Å²) in [7, 11) is 1.71. The molecule has 2 aromatic rings. The fourth-order valence-electron chi connectivity index (χ4n) is 3.84. The Balaban J connectivity index is 1.64. The molecular formula is C22H29NO2. The van der Waals surface area contributed by atoms with E-state index in [0.29, 0.717) is 6.61 Å². The molecule has 0 amide bonds. The summed E-state index contributed by atoms with van der Waals surface area (Å²) in [5, 5.41) is 0. The van der Waals surface area contributed by atoms with E-state index in [4.69, 9.17) is 9.47 Å². The van der Waals surface area contributed by atoms with Crippen LogP contribution in [0, 0.1) is 11.8 Å². The van der Waals surface area contributed by atoms with E-state index in [2.05, 4.69) is 43.0 Å². The maximum absolute atomic E-state index is 5.95. The second-order valence-electron chi connectivity index (χ2n) is 7.40. The van der Waals surface area contributed by atoms with Gasteiger partial charge in [0.2, 0.25) is 0 Å². The lowest BCUT2D eigenvalue weighted by atomic mass is 9.91. The Hall–Kier alpha value is -2.00. The van der Waals surface area contributed by atoms with Crippen LogP contribution in [-0.2, 0) is 13.2 Å². The lowest BCUT2D eigenvalue weighted by molar-refractivity contribution is 0.134. The Morgan fingerprint density at radius 3 is 2.32 bits per heavy atom. The number of methoxy groups -OCH3 is 1. The first-order chi connectivity index (χ1) is 12.1. The van der Waals surface area contributed by atoms with Gasteiger partial charge in [-0.05, 0) is 41.5 Å². The van der Waals surface area contributed by atoms with Crippen LogP contribution in [0.2, 0.25) is 0 Å². The Labute approximate surface area is 151 Å². The van der Waals surface area contributed by atoms with Crippen LogP contribution >= 0.6 is 0 Å². The molecule has 1 fully saturated rings. The topological polar surface area (TPSA) is 21.7 Å². The predicted octanol–water partition coefficient (Wildman–Crippen LogP) is 4.75. The van der Waals surface area contributed by atoms with Gasteiger partial charge in [0.05, 0.1) is 7.11 Å². The molecule has 0 N–H and O–H groups in total. The largest absolute Gasteiger partial charge is 0.493 e. The molecule has 0 saturated carbocycles. The Morgan fingerprint density at radius 2 is 1.64 bits per heavy atom. The van der Waals surface area contributed by atoms with Crippen LogP contribution in [0.1, 0.15) is 31.4 Å². The van der Waals surface area contributed by atoms with Gasteiger partial charge in [-0.25, -0.2) is 0 Å². The molecule has 2 atom stereocenters. The van der Waals surface area contributed by atoms with E-state index < -0.39 is 0 Å². The molecule has 1 heterocycles. The third-order valence-corrected chi connectivity index (χ3v) is 4.82. The van der Waals surface area contributed by atoms with E-state index in [0.717, 1.165) is 35.4 Å². The van der Waals surface area contributed by atoms with Crippen molar-refractivity contribution in [1.29, 1.82) is 0 Å². The van der Waals surface area contributed by atoms with E-state index >= 15 is 0 Å². The molecule has 3 nitrogen and oxygen atoms in total. The summed E-state index contributed by atoms with van der Waals surface area (Å²) in [6.07, 6.45) is 1.34. The monoisotopic (exact) mass is 339 g/mol. The van der Waals surface area contributed by atoms with Crippen molar-refractivity contribution in [1.82, 2.24) is 4.90 Å². The highest BCUT2D eigenvalue weighted by Crippen LogP contribution is 2.30. The molecule has 0 radical (unpaired) electrons. The summed E-state index contributed by atoms with van der Waals surface area (Å²) in [4.78, 5) is 2.55. The third kappa shape index (κ3) is 4.99. The zero-order chi connectivity index (χ0) is 17.6. The van der Waals surface area contributed by atoms with Crippen molar-refractivity contribution in [2.75, 3.05) is 20.2 Å². The SMILES string of the molecule is COc1cc(CN2CC(C)CC(C)C2)ccc1OCc1ccccc1. The van der Waals surface area contributed by atoms with E-state index in [1.165, 1.54) is 25.1 Å². The zero-order valence-corrected chi connectivity index (χ0v) is 15.6.